The number of ether oxygens (including phenoxy) is 1. The van der Waals surface area contributed by atoms with Gasteiger partial charge in [-0.2, -0.15) is 0 Å². The number of fused-ring (bicyclic) bond motifs is 15. The molecule has 9 aromatic carbocycles. The average Bonchev–Trinajstić information content (AvgIpc) is 3.55. The largest absolute Gasteiger partial charge is 0.456 e. The van der Waals surface area contributed by atoms with Crippen LogP contribution in [0.3, 0.4) is 0 Å². The summed E-state index contributed by atoms with van der Waals surface area (Å²) in [6.07, 6.45) is 0. The van der Waals surface area contributed by atoms with Crippen molar-refractivity contribution in [2.24, 2.45) is 0 Å². The third kappa shape index (κ3) is 3.77. The molecule has 11 rings (SSSR count). The molecule has 0 spiro atoms. The lowest BCUT2D eigenvalue weighted by molar-refractivity contribution is 0.467. The van der Waals surface area contributed by atoms with Gasteiger partial charge in [0.1, 0.15) is 22.7 Å². The summed E-state index contributed by atoms with van der Waals surface area (Å²) < 4.78 is 13.5. The van der Waals surface area contributed by atoms with E-state index in [0.717, 1.165) is 55.3 Å². The van der Waals surface area contributed by atoms with Gasteiger partial charge in [0.25, 0.3) is 0 Å². The Labute approximate surface area is 282 Å². The SMILES string of the molecule is c1ccc2c(c1)oc1cc(-c3ccc(C4c5c(c6ccccc6c6ccccc56)Oc5c4c4ccccc4c4ccccc54)cc3)ccc12. The van der Waals surface area contributed by atoms with E-state index in [1.807, 2.05) is 12.1 Å². The summed E-state index contributed by atoms with van der Waals surface area (Å²) in [5.41, 5.74) is 7.80. The number of para-hydroxylation sites is 1. The Morgan fingerprint density at radius 1 is 0.327 bits per heavy atom. The molecule has 0 unspecified atom stereocenters. The monoisotopic (exact) mass is 624 g/mol. The maximum Gasteiger partial charge on any atom is 0.140 e. The molecule has 10 aromatic rings. The Hall–Kier alpha value is -6.38. The van der Waals surface area contributed by atoms with Gasteiger partial charge in [-0.15, -0.1) is 0 Å². The van der Waals surface area contributed by atoms with Crippen LogP contribution in [0, 0.1) is 0 Å². The van der Waals surface area contributed by atoms with E-state index in [1.165, 1.54) is 49.0 Å². The van der Waals surface area contributed by atoms with Gasteiger partial charge in [-0.05, 0) is 67.2 Å². The van der Waals surface area contributed by atoms with Crippen LogP contribution >= 0.6 is 0 Å². The van der Waals surface area contributed by atoms with Crippen LogP contribution in [-0.4, -0.2) is 0 Å². The van der Waals surface area contributed by atoms with Crippen molar-refractivity contribution in [3.05, 3.63) is 180 Å². The number of benzene rings is 9. The smallest absolute Gasteiger partial charge is 0.140 e. The molecule has 1 aliphatic rings. The Kier molecular flexibility index (Phi) is 5.47. The number of hydrogen-bond acceptors (Lipinski definition) is 2. The zero-order chi connectivity index (χ0) is 32.1. The first kappa shape index (κ1) is 26.7. The number of furan rings is 1. The van der Waals surface area contributed by atoms with Crippen LogP contribution in [-0.2, 0) is 0 Å². The standard InChI is InChI=1S/C47H28O2/c1-5-16-37-31(11-1)33-13-3-7-18-39(33)46-44(37)43(45-38-17-6-2-12-32(38)34-14-4-8-19-40(34)47(45)49-46)29-23-21-28(22-24-29)30-25-26-36-35-15-9-10-20-41(35)48-42(36)27-30/h1-27,43H. The van der Waals surface area contributed by atoms with Crippen molar-refractivity contribution in [3.63, 3.8) is 0 Å². The van der Waals surface area contributed by atoms with E-state index in [9.17, 15) is 0 Å². The van der Waals surface area contributed by atoms with Crippen molar-refractivity contribution in [2.75, 3.05) is 0 Å². The molecule has 0 saturated carbocycles. The van der Waals surface area contributed by atoms with Crippen molar-refractivity contribution >= 4 is 65.0 Å². The fourth-order valence-corrected chi connectivity index (χ4v) is 8.42. The van der Waals surface area contributed by atoms with E-state index in [2.05, 4.69) is 152 Å². The van der Waals surface area contributed by atoms with Crippen LogP contribution < -0.4 is 4.74 Å². The lowest BCUT2D eigenvalue weighted by Crippen LogP contribution is -2.14. The second-order valence-corrected chi connectivity index (χ2v) is 13.1. The minimum Gasteiger partial charge on any atom is -0.456 e. The topological polar surface area (TPSA) is 22.4 Å². The van der Waals surface area contributed by atoms with Crippen LogP contribution in [0.4, 0.5) is 0 Å². The first-order valence-electron chi connectivity index (χ1n) is 16.9. The van der Waals surface area contributed by atoms with Gasteiger partial charge in [0.05, 0.1) is 0 Å². The molecular formula is C47H28O2. The molecule has 0 fully saturated rings. The summed E-state index contributed by atoms with van der Waals surface area (Å²) in [7, 11) is 0. The van der Waals surface area contributed by atoms with Crippen molar-refractivity contribution in [1.82, 2.24) is 0 Å². The van der Waals surface area contributed by atoms with Crippen LogP contribution in [0.15, 0.2) is 168 Å². The van der Waals surface area contributed by atoms with Gasteiger partial charge < -0.3 is 9.15 Å². The molecule has 0 saturated heterocycles. The fraction of sp³-hybridized carbons (Fsp3) is 0.0213. The van der Waals surface area contributed by atoms with Crippen molar-refractivity contribution in [1.29, 1.82) is 0 Å². The first-order chi connectivity index (χ1) is 24.3. The van der Waals surface area contributed by atoms with Gasteiger partial charge in [0.15, 0.2) is 0 Å². The maximum atomic E-state index is 7.22. The fourth-order valence-electron chi connectivity index (χ4n) is 8.42. The molecular weight excluding hydrogens is 597 g/mol. The number of hydrogen-bond donors (Lipinski definition) is 0. The minimum atomic E-state index is -0.0466. The van der Waals surface area contributed by atoms with Gasteiger partial charge in [-0.25, -0.2) is 0 Å². The third-order valence-corrected chi connectivity index (χ3v) is 10.6. The average molecular weight is 625 g/mol. The van der Waals surface area contributed by atoms with E-state index in [1.54, 1.807) is 0 Å². The molecule has 0 N–H and O–H groups in total. The minimum absolute atomic E-state index is 0.0466. The summed E-state index contributed by atoms with van der Waals surface area (Å²) in [6.45, 7) is 0. The van der Waals surface area contributed by atoms with Crippen molar-refractivity contribution < 1.29 is 9.15 Å². The van der Waals surface area contributed by atoms with Gasteiger partial charge in [-0.1, -0.05) is 146 Å². The molecule has 2 heteroatoms. The lowest BCUT2D eigenvalue weighted by Gasteiger charge is -2.33. The highest BCUT2D eigenvalue weighted by molar-refractivity contribution is 6.17. The van der Waals surface area contributed by atoms with Crippen LogP contribution in [0.5, 0.6) is 11.5 Å². The normalized spacial score (nSPS) is 13.0. The van der Waals surface area contributed by atoms with E-state index in [0.29, 0.717) is 0 Å². The molecule has 0 radical (unpaired) electrons. The van der Waals surface area contributed by atoms with E-state index < -0.39 is 0 Å². The molecule has 0 atom stereocenters. The zero-order valence-electron chi connectivity index (χ0n) is 26.5. The summed E-state index contributed by atoms with van der Waals surface area (Å²) in [4.78, 5) is 0. The van der Waals surface area contributed by atoms with Gasteiger partial charge in [0, 0.05) is 38.6 Å². The third-order valence-electron chi connectivity index (χ3n) is 10.6. The van der Waals surface area contributed by atoms with Crippen LogP contribution in [0.2, 0.25) is 0 Å². The Morgan fingerprint density at radius 3 is 1.33 bits per heavy atom. The Bertz CT molecular complexity index is 2840. The van der Waals surface area contributed by atoms with Crippen molar-refractivity contribution in [2.45, 2.75) is 5.92 Å². The maximum absolute atomic E-state index is 7.22. The predicted molar refractivity (Wildman–Crippen MR) is 203 cm³/mol. The van der Waals surface area contributed by atoms with E-state index >= 15 is 0 Å². The predicted octanol–water partition coefficient (Wildman–Crippen LogP) is 13.2. The van der Waals surface area contributed by atoms with Crippen LogP contribution in [0.25, 0.3) is 76.2 Å². The summed E-state index contributed by atoms with van der Waals surface area (Å²) >= 11 is 0. The second-order valence-electron chi connectivity index (χ2n) is 13.1. The summed E-state index contributed by atoms with van der Waals surface area (Å²) in [6, 6.07) is 58.9. The number of rotatable bonds is 2. The van der Waals surface area contributed by atoms with Gasteiger partial charge in [-0.3, -0.25) is 0 Å². The molecule has 2 heterocycles. The highest BCUT2D eigenvalue weighted by Gasteiger charge is 2.35. The highest BCUT2D eigenvalue weighted by Crippen LogP contribution is 2.57. The second kappa shape index (κ2) is 10.1. The molecule has 0 amide bonds. The van der Waals surface area contributed by atoms with Crippen molar-refractivity contribution in [3.8, 4) is 22.6 Å². The zero-order valence-corrected chi connectivity index (χ0v) is 26.5. The molecule has 0 aliphatic carbocycles. The molecule has 1 aromatic heterocycles. The molecule has 228 valence electrons. The first-order valence-corrected chi connectivity index (χ1v) is 16.9. The highest BCUT2D eigenvalue weighted by atomic mass is 16.5. The van der Waals surface area contributed by atoms with E-state index in [4.69, 9.17) is 9.15 Å². The molecule has 1 aliphatic heterocycles. The van der Waals surface area contributed by atoms with Gasteiger partial charge >= 0.3 is 0 Å². The van der Waals surface area contributed by atoms with Crippen LogP contribution in [0.1, 0.15) is 22.6 Å². The Morgan fingerprint density at radius 2 is 0.755 bits per heavy atom. The molecule has 2 nitrogen and oxygen atoms in total. The summed E-state index contributed by atoms with van der Waals surface area (Å²) in [5, 5.41) is 11.9. The Balaban J connectivity index is 1.19. The van der Waals surface area contributed by atoms with E-state index in [-0.39, 0.29) is 5.92 Å². The van der Waals surface area contributed by atoms with Gasteiger partial charge in [0.2, 0.25) is 0 Å². The summed E-state index contributed by atoms with van der Waals surface area (Å²) in [5.74, 6) is 1.85. The lowest BCUT2D eigenvalue weighted by atomic mass is 9.76. The molecule has 0 bridgehead atoms. The molecule has 49 heavy (non-hydrogen) atoms. The quantitative estimate of drug-likeness (QED) is 0.179.